The first-order valence-corrected chi connectivity index (χ1v) is 8.46. The van der Waals surface area contributed by atoms with Crippen LogP contribution in [0.1, 0.15) is 19.4 Å². The number of hydrogen-bond donors (Lipinski definition) is 1. The highest BCUT2D eigenvalue weighted by atomic mass is 79.9. The van der Waals surface area contributed by atoms with Crippen LogP contribution in [0.15, 0.2) is 26.8 Å². The van der Waals surface area contributed by atoms with Gasteiger partial charge in [-0.05, 0) is 35.0 Å². The molecule has 0 radical (unpaired) electrons. The Bertz CT molecular complexity index is 691. The quantitative estimate of drug-likeness (QED) is 0.355. The lowest BCUT2D eigenvalue weighted by molar-refractivity contribution is -0.132. The molecule has 1 aliphatic heterocycles. The summed E-state index contributed by atoms with van der Waals surface area (Å²) in [5, 5.41) is 10.9. The van der Waals surface area contributed by atoms with Crippen molar-refractivity contribution in [2.75, 3.05) is 12.4 Å². The second kappa shape index (κ2) is 8.11. The standard InChI is InChI=1S/C14H14BrN3O4S/c1-3-21-11-4-9(10(15)5-12(11)22-8(2)19)6-16-18-14-17-13(20)7-23-14/h4-6H,3,7H2,1-2H3,(H,17,18,20). The van der Waals surface area contributed by atoms with Crippen molar-refractivity contribution in [3.05, 3.63) is 22.2 Å². The Balaban J connectivity index is 2.22. The van der Waals surface area contributed by atoms with E-state index in [4.69, 9.17) is 9.47 Å². The second-order valence-electron chi connectivity index (χ2n) is 4.33. The molecule has 0 atom stereocenters. The van der Waals surface area contributed by atoms with Crippen molar-refractivity contribution in [3.8, 4) is 11.5 Å². The van der Waals surface area contributed by atoms with Gasteiger partial charge in [-0.25, -0.2) is 0 Å². The smallest absolute Gasteiger partial charge is 0.308 e. The SMILES string of the molecule is CCOc1cc(C=NN=C2NC(=O)CS2)c(Br)cc1OC(C)=O. The number of thioether (sulfide) groups is 1. The number of halogens is 1. The molecule has 1 heterocycles. The molecule has 23 heavy (non-hydrogen) atoms. The highest BCUT2D eigenvalue weighted by Crippen LogP contribution is 2.33. The summed E-state index contributed by atoms with van der Waals surface area (Å²) >= 11 is 4.68. The van der Waals surface area contributed by atoms with Crippen LogP contribution in [0.2, 0.25) is 0 Å². The van der Waals surface area contributed by atoms with Gasteiger partial charge in [0.15, 0.2) is 16.7 Å². The number of amides is 1. The molecule has 9 heteroatoms. The Kier molecular flexibility index (Phi) is 6.17. The molecule has 0 bridgehead atoms. The molecular weight excluding hydrogens is 386 g/mol. The van der Waals surface area contributed by atoms with Crippen LogP contribution in [-0.4, -0.2) is 35.6 Å². The molecule has 0 saturated carbocycles. The lowest BCUT2D eigenvalue weighted by Crippen LogP contribution is -2.19. The number of amidine groups is 1. The third kappa shape index (κ3) is 5.07. The Labute approximate surface area is 145 Å². The third-order valence-electron chi connectivity index (χ3n) is 2.55. The molecule has 122 valence electrons. The van der Waals surface area contributed by atoms with Gasteiger partial charge >= 0.3 is 5.97 Å². The average molecular weight is 400 g/mol. The summed E-state index contributed by atoms with van der Waals surface area (Å²) in [4.78, 5) is 22.2. The summed E-state index contributed by atoms with van der Waals surface area (Å²) in [5.41, 5.74) is 0.697. The van der Waals surface area contributed by atoms with Crippen molar-refractivity contribution < 1.29 is 19.1 Å². The summed E-state index contributed by atoms with van der Waals surface area (Å²) in [5.74, 6) is 0.592. The molecule has 0 aromatic heterocycles. The van der Waals surface area contributed by atoms with Crippen molar-refractivity contribution in [2.45, 2.75) is 13.8 Å². The number of carbonyl (C=O) groups is 2. The highest BCUT2D eigenvalue weighted by Gasteiger charge is 2.16. The third-order valence-corrected chi connectivity index (χ3v) is 4.10. The zero-order chi connectivity index (χ0) is 16.8. The van der Waals surface area contributed by atoms with Gasteiger partial charge < -0.3 is 14.8 Å². The number of nitrogens with one attached hydrogen (secondary N) is 1. The first-order chi connectivity index (χ1) is 11.0. The summed E-state index contributed by atoms with van der Waals surface area (Å²) in [7, 11) is 0. The minimum atomic E-state index is -0.431. The van der Waals surface area contributed by atoms with Crippen LogP contribution in [0.5, 0.6) is 11.5 Å². The second-order valence-corrected chi connectivity index (χ2v) is 6.15. The van der Waals surface area contributed by atoms with Gasteiger partial charge in [0.2, 0.25) is 5.91 Å². The molecule has 7 nitrogen and oxygen atoms in total. The summed E-state index contributed by atoms with van der Waals surface area (Å²) in [6.07, 6.45) is 1.52. The lowest BCUT2D eigenvalue weighted by atomic mass is 10.2. The Hall–Kier alpha value is -1.87. The molecular formula is C14H14BrN3O4S. The molecule has 1 amide bonds. The van der Waals surface area contributed by atoms with Crippen molar-refractivity contribution >= 4 is 51.0 Å². The number of benzene rings is 1. The Morgan fingerprint density at radius 1 is 1.48 bits per heavy atom. The van der Waals surface area contributed by atoms with E-state index in [0.717, 1.165) is 0 Å². The minimum absolute atomic E-state index is 0.0884. The predicted molar refractivity (Wildman–Crippen MR) is 92.2 cm³/mol. The largest absolute Gasteiger partial charge is 0.490 e. The number of rotatable bonds is 5. The summed E-state index contributed by atoms with van der Waals surface area (Å²) in [6, 6.07) is 3.32. The van der Waals surface area contributed by atoms with Crippen LogP contribution in [0.25, 0.3) is 0 Å². The van der Waals surface area contributed by atoms with Crippen LogP contribution < -0.4 is 14.8 Å². The fourth-order valence-electron chi connectivity index (χ4n) is 1.68. The van der Waals surface area contributed by atoms with E-state index in [0.29, 0.717) is 39.1 Å². The van der Waals surface area contributed by atoms with Gasteiger partial charge in [0.25, 0.3) is 0 Å². The van der Waals surface area contributed by atoms with Gasteiger partial charge in [-0.2, -0.15) is 5.10 Å². The van der Waals surface area contributed by atoms with E-state index in [1.807, 2.05) is 6.92 Å². The molecule has 1 aliphatic rings. The molecule has 1 fully saturated rings. The fourth-order valence-corrected chi connectivity index (χ4v) is 2.73. The normalized spacial score (nSPS) is 16.0. The van der Waals surface area contributed by atoms with Gasteiger partial charge in [0.05, 0.1) is 18.6 Å². The maximum Gasteiger partial charge on any atom is 0.308 e. The van der Waals surface area contributed by atoms with Crippen LogP contribution >= 0.6 is 27.7 Å². The average Bonchev–Trinajstić information content (AvgIpc) is 2.88. The minimum Gasteiger partial charge on any atom is -0.490 e. The molecule has 1 saturated heterocycles. The van der Waals surface area contributed by atoms with Gasteiger partial charge in [0.1, 0.15) is 0 Å². The Morgan fingerprint density at radius 2 is 2.26 bits per heavy atom. The first-order valence-electron chi connectivity index (χ1n) is 6.68. The van der Waals surface area contributed by atoms with Crippen LogP contribution in [0.4, 0.5) is 0 Å². The monoisotopic (exact) mass is 399 g/mol. The van der Waals surface area contributed by atoms with E-state index in [-0.39, 0.29) is 5.91 Å². The maximum atomic E-state index is 11.1. The maximum absolute atomic E-state index is 11.1. The van der Waals surface area contributed by atoms with E-state index < -0.39 is 5.97 Å². The number of carbonyl (C=O) groups excluding carboxylic acids is 2. The van der Waals surface area contributed by atoms with Crippen molar-refractivity contribution in [1.29, 1.82) is 0 Å². The van der Waals surface area contributed by atoms with Crippen molar-refractivity contribution in [3.63, 3.8) is 0 Å². The van der Waals surface area contributed by atoms with E-state index in [9.17, 15) is 9.59 Å². The molecule has 1 aromatic carbocycles. The van der Waals surface area contributed by atoms with E-state index in [2.05, 4.69) is 31.4 Å². The van der Waals surface area contributed by atoms with Crippen molar-refractivity contribution in [2.24, 2.45) is 10.2 Å². The number of ether oxygens (including phenoxy) is 2. The van der Waals surface area contributed by atoms with Gasteiger partial charge in [-0.3, -0.25) is 9.59 Å². The van der Waals surface area contributed by atoms with Crippen LogP contribution in [-0.2, 0) is 9.59 Å². The highest BCUT2D eigenvalue weighted by molar-refractivity contribution is 9.10. The van der Waals surface area contributed by atoms with E-state index in [1.54, 1.807) is 12.1 Å². The molecule has 2 rings (SSSR count). The zero-order valence-corrected chi connectivity index (χ0v) is 14.9. The number of nitrogens with zero attached hydrogens (tertiary/aromatic N) is 2. The number of esters is 1. The summed E-state index contributed by atoms with van der Waals surface area (Å²) < 4.78 is 11.3. The summed E-state index contributed by atoms with van der Waals surface area (Å²) in [6.45, 7) is 3.58. The Morgan fingerprint density at radius 3 is 2.87 bits per heavy atom. The van der Waals surface area contributed by atoms with Crippen LogP contribution in [0, 0.1) is 0 Å². The molecule has 0 aliphatic carbocycles. The molecule has 1 aromatic rings. The van der Waals surface area contributed by atoms with Crippen molar-refractivity contribution in [1.82, 2.24) is 5.32 Å². The lowest BCUT2D eigenvalue weighted by Gasteiger charge is -2.11. The van der Waals surface area contributed by atoms with Gasteiger partial charge in [-0.1, -0.05) is 11.8 Å². The van der Waals surface area contributed by atoms with Gasteiger partial charge in [0, 0.05) is 17.0 Å². The van der Waals surface area contributed by atoms with E-state index >= 15 is 0 Å². The molecule has 1 N–H and O–H groups in total. The molecule has 0 spiro atoms. The first kappa shape index (κ1) is 17.5. The zero-order valence-electron chi connectivity index (χ0n) is 12.5. The topological polar surface area (TPSA) is 89.3 Å². The van der Waals surface area contributed by atoms with Gasteiger partial charge in [-0.15, -0.1) is 5.10 Å². The fraction of sp³-hybridized carbons (Fsp3) is 0.286. The predicted octanol–water partition coefficient (Wildman–Crippen LogP) is 2.33. The van der Waals surface area contributed by atoms with E-state index in [1.165, 1.54) is 24.9 Å². The molecule has 0 unspecified atom stereocenters. The van der Waals surface area contributed by atoms with Crippen LogP contribution in [0.3, 0.4) is 0 Å². The number of hydrogen-bond acceptors (Lipinski definition) is 7.